The molecule has 1 atom stereocenters. The molecule has 0 spiro atoms. The van der Waals surface area contributed by atoms with Crippen LogP contribution in [0.3, 0.4) is 0 Å². The molecule has 1 heterocycles. The second-order valence-corrected chi connectivity index (χ2v) is 3.51. The molecule has 92 valence electrons. The molecule has 1 unspecified atom stereocenters. The summed E-state index contributed by atoms with van der Waals surface area (Å²) >= 11 is 0. The summed E-state index contributed by atoms with van der Waals surface area (Å²) in [7, 11) is 1.72. The molecule has 0 aliphatic carbocycles. The van der Waals surface area contributed by atoms with Gasteiger partial charge >= 0.3 is 6.18 Å². The lowest BCUT2D eigenvalue weighted by molar-refractivity contribution is -0.179. The van der Waals surface area contributed by atoms with E-state index < -0.39 is 18.9 Å². The highest BCUT2D eigenvalue weighted by molar-refractivity contribution is 5.04. The van der Waals surface area contributed by atoms with Crippen LogP contribution in [-0.4, -0.2) is 40.4 Å². The van der Waals surface area contributed by atoms with Crippen LogP contribution in [0.15, 0.2) is 12.4 Å². The van der Waals surface area contributed by atoms with Crippen molar-refractivity contribution in [2.45, 2.75) is 18.7 Å². The van der Waals surface area contributed by atoms with Crippen molar-refractivity contribution in [2.24, 2.45) is 7.05 Å². The highest BCUT2D eigenvalue weighted by Crippen LogP contribution is 2.14. The average Bonchev–Trinajstić information content (AvgIpc) is 2.48. The van der Waals surface area contributed by atoms with Gasteiger partial charge in [-0.15, -0.1) is 0 Å². The Bertz CT molecular complexity index is 325. The Morgan fingerprint density at radius 1 is 1.56 bits per heavy atom. The zero-order valence-corrected chi connectivity index (χ0v) is 8.74. The van der Waals surface area contributed by atoms with Crippen LogP contribution in [0.4, 0.5) is 13.2 Å². The third kappa shape index (κ3) is 5.13. The number of hydrogen-bond donors (Lipinski definition) is 1. The fourth-order valence-corrected chi connectivity index (χ4v) is 1.22. The number of halogens is 3. The Labute approximate surface area is 90.6 Å². The molecule has 0 aromatic carbocycles. The number of rotatable bonds is 5. The van der Waals surface area contributed by atoms with Crippen LogP contribution in [-0.2, 0) is 18.2 Å². The van der Waals surface area contributed by atoms with Gasteiger partial charge in [0.1, 0.15) is 6.61 Å². The van der Waals surface area contributed by atoms with E-state index in [0.717, 1.165) is 5.56 Å². The maximum Gasteiger partial charge on any atom is 0.411 e. The molecule has 7 heteroatoms. The first kappa shape index (κ1) is 13.0. The lowest BCUT2D eigenvalue weighted by Gasteiger charge is -2.11. The Morgan fingerprint density at radius 2 is 2.25 bits per heavy atom. The SMILES string of the molecule is Cn1cc(CC(O)COCC(F)(F)F)cn1. The van der Waals surface area contributed by atoms with Crippen molar-refractivity contribution in [1.29, 1.82) is 0 Å². The van der Waals surface area contributed by atoms with Crippen LogP contribution in [0.5, 0.6) is 0 Å². The summed E-state index contributed by atoms with van der Waals surface area (Å²) < 4.78 is 41.0. The topological polar surface area (TPSA) is 47.3 Å². The van der Waals surface area contributed by atoms with Crippen molar-refractivity contribution < 1.29 is 23.0 Å². The molecule has 0 aliphatic heterocycles. The largest absolute Gasteiger partial charge is 0.411 e. The minimum absolute atomic E-state index is 0.228. The molecule has 1 aromatic rings. The fraction of sp³-hybridized carbons (Fsp3) is 0.667. The molecule has 4 nitrogen and oxygen atoms in total. The molecular formula is C9H13F3N2O2. The van der Waals surface area contributed by atoms with Gasteiger partial charge in [-0.1, -0.05) is 0 Å². The quantitative estimate of drug-likeness (QED) is 0.829. The zero-order valence-electron chi connectivity index (χ0n) is 8.74. The summed E-state index contributed by atoms with van der Waals surface area (Å²) in [5.74, 6) is 0. The molecule has 0 saturated heterocycles. The van der Waals surface area contributed by atoms with E-state index in [0.29, 0.717) is 0 Å². The first-order valence-electron chi connectivity index (χ1n) is 4.67. The number of alkyl halides is 3. The third-order valence-electron chi connectivity index (χ3n) is 1.81. The van der Waals surface area contributed by atoms with E-state index in [1.807, 2.05) is 0 Å². The Hall–Kier alpha value is -1.08. The summed E-state index contributed by atoms with van der Waals surface area (Å²) in [6, 6.07) is 0. The van der Waals surface area contributed by atoms with Gasteiger partial charge in [-0.05, 0) is 5.56 Å². The van der Waals surface area contributed by atoms with E-state index in [-0.39, 0.29) is 13.0 Å². The summed E-state index contributed by atoms with van der Waals surface area (Å²) in [4.78, 5) is 0. The second-order valence-electron chi connectivity index (χ2n) is 3.51. The third-order valence-corrected chi connectivity index (χ3v) is 1.81. The molecule has 1 aromatic heterocycles. The summed E-state index contributed by atoms with van der Waals surface area (Å²) in [5, 5.41) is 13.3. The first-order chi connectivity index (χ1) is 7.37. The lowest BCUT2D eigenvalue weighted by atomic mass is 10.2. The monoisotopic (exact) mass is 238 g/mol. The van der Waals surface area contributed by atoms with Crippen LogP contribution in [0, 0.1) is 0 Å². The van der Waals surface area contributed by atoms with E-state index in [1.165, 1.54) is 0 Å². The van der Waals surface area contributed by atoms with Crippen LogP contribution in [0.2, 0.25) is 0 Å². The van der Waals surface area contributed by atoms with Crippen LogP contribution in [0.1, 0.15) is 5.56 Å². The number of hydrogen-bond acceptors (Lipinski definition) is 3. The highest BCUT2D eigenvalue weighted by atomic mass is 19.4. The Kier molecular flexibility index (Phi) is 4.31. The smallest absolute Gasteiger partial charge is 0.390 e. The van der Waals surface area contributed by atoms with Crippen molar-refractivity contribution in [1.82, 2.24) is 9.78 Å². The molecule has 1 rings (SSSR count). The molecule has 0 bridgehead atoms. The number of ether oxygens (including phenoxy) is 1. The van der Waals surface area contributed by atoms with E-state index in [9.17, 15) is 18.3 Å². The maximum atomic E-state index is 11.7. The van der Waals surface area contributed by atoms with E-state index in [2.05, 4.69) is 9.84 Å². The summed E-state index contributed by atoms with van der Waals surface area (Å²) in [6.07, 6.45) is -1.84. The van der Waals surface area contributed by atoms with Gasteiger partial charge in [0.05, 0.1) is 18.9 Å². The summed E-state index contributed by atoms with van der Waals surface area (Å²) in [6.45, 7) is -1.68. The number of aliphatic hydroxyl groups is 1. The van der Waals surface area contributed by atoms with Crippen molar-refractivity contribution in [3.8, 4) is 0 Å². The van der Waals surface area contributed by atoms with Crippen molar-refractivity contribution in [3.05, 3.63) is 18.0 Å². The lowest BCUT2D eigenvalue weighted by Crippen LogP contribution is -2.24. The second kappa shape index (κ2) is 5.31. The fourth-order valence-electron chi connectivity index (χ4n) is 1.22. The molecule has 0 aliphatic rings. The van der Waals surface area contributed by atoms with Gasteiger partial charge in [0.2, 0.25) is 0 Å². The minimum atomic E-state index is -4.35. The van der Waals surface area contributed by atoms with E-state index in [4.69, 9.17) is 0 Å². The van der Waals surface area contributed by atoms with Crippen LogP contribution in [0.25, 0.3) is 0 Å². The van der Waals surface area contributed by atoms with Gasteiger partial charge in [-0.2, -0.15) is 18.3 Å². The Balaban J connectivity index is 2.23. The zero-order chi connectivity index (χ0) is 12.2. The average molecular weight is 238 g/mol. The number of aromatic nitrogens is 2. The predicted octanol–water partition coefficient (Wildman–Crippen LogP) is 0.902. The van der Waals surface area contributed by atoms with Gasteiger partial charge in [-0.3, -0.25) is 4.68 Å². The Morgan fingerprint density at radius 3 is 2.75 bits per heavy atom. The van der Waals surface area contributed by atoms with Gasteiger partial charge in [-0.25, -0.2) is 0 Å². The molecule has 0 fully saturated rings. The predicted molar refractivity (Wildman–Crippen MR) is 49.8 cm³/mol. The standard InChI is InChI=1S/C9H13F3N2O2/c1-14-4-7(3-13-14)2-8(15)5-16-6-9(10,11)12/h3-4,8,15H,2,5-6H2,1H3. The van der Waals surface area contributed by atoms with E-state index >= 15 is 0 Å². The molecule has 16 heavy (non-hydrogen) atoms. The first-order valence-corrected chi connectivity index (χ1v) is 4.67. The molecule has 0 amide bonds. The number of nitrogens with zero attached hydrogens (tertiary/aromatic N) is 2. The van der Waals surface area contributed by atoms with Gasteiger partial charge in [0, 0.05) is 19.7 Å². The normalized spacial score (nSPS) is 14.1. The van der Waals surface area contributed by atoms with Crippen molar-refractivity contribution in [2.75, 3.05) is 13.2 Å². The van der Waals surface area contributed by atoms with Crippen molar-refractivity contribution in [3.63, 3.8) is 0 Å². The molecular weight excluding hydrogens is 225 g/mol. The molecule has 0 saturated carbocycles. The number of aryl methyl sites for hydroxylation is 1. The van der Waals surface area contributed by atoms with Crippen LogP contribution < -0.4 is 0 Å². The van der Waals surface area contributed by atoms with Gasteiger partial charge in [0.25, 0.3) is 0 Å². The maximum absolute atomic E-state index is 11.7. The minimum Gasteiger partial charge on any atom is -0.390 e. The van der Waals surface area contributed by atoms with Gasteiger partial charge < -0.3 is 9.84 Å². The summed E-state index contributed by atoms with van der Waals surface area (Å²) in [5.41, 5.74) is 0.755. The van der Waals surface area contributed by atoms with Crippen molar-refractivity contribution >= 4 is 0 Å². The number of aliphatic hydroxyl groups excluding tert-OH is 1. The van der Waals surface area contributed by atoms with Gasteiger partial charge in [0.15, 0.2) is 0 Å². The molecule has 0 radical (unpaired) electrons. The highest BCUT2D eigenvalue weighted by Gasteiger charge is 2.27. The van der Waals surface area contributed by atoms with E-state index in [1.54, 1.807) is 24.1 Å². The molecule has 1 N–H and O–H groups in total. The van der Waals surface area contributed by atoms with Crippen LogP contribution >= 0.6 is 0 Å².